The van der Waals surface area contributed by atoms with Gasteiger partial charge in [-0.3, -0.25) is 4.79 Å². The Hall–Kier alpha value is -1.81. The fraction of sp³-hybridized carbons (Fsp3) is 0.526. The Morgan fingerprint density at radius 1 is 1.43 bits per heavy atom. The van der Waals surface area contributed by atoms with Crippen LogP contribution in [0.25, 0.3) is 6.08 Å². The lowest BCUT2D eigenvalue weighted by atomic mass is 9.94. The first kappa shape index (κ1) is 17.5. The molecule has 0 aromatic heterocycles. The number of aliphatic hydroxyl groups excluding tert-OH is 1. The summed E-state index contributed by atoms with van der Waals surface area (Å²) in [5.41, 5.74) is 0.944. The molecule has 1 aliphatic rings. The molecule has 126 valence electrons. The molecule has 1 heterocycles. The van der Waals surface area contributed by atoms with Crippen molar-refractivity contribution in [2.75, 3.05) is 13.2 Å². The van der Waals surface area contributed by atoms with Gasteiger partial charge in [-0.25, -0.2) is 0 Å². The Kier molecular flexibility index (Phi) is 6.22. The topological polar surface area (TPSA) is 49.8 Å². The molecule has 0 spiro atoms. The van der Waals surface area contributed by atoms with Gasteiger partial charge >= 0.3 is 0 Å². The molecule has 0 aliphatic carbocycles. The first-order valence-corrected chi connectivity index (χ1v) is 8.36. The molecule has 1 aromatic carbocycles. The number of benzene rings is 1. The molecular formula is C19H27NO3. The van der Waals surface area contributed by atoms with Crippen molar-refractivity contribution in [3.05, 3.63) is 35.9 Å². The van der Waals surface area contributed by atoms with Crippen molar-refractivity contribution in [2.45, 2.75) is 45.8 Å². The van der Waals surface area contributed by atoms with Gasteiger partial charge in [-0.05, 0) is 63.3 Å². The predicted molar refractivity (Wildman–Crippen MR) is 92.2 cm³/mol. The van der Waals surface area contributed by atoms with Crippen LogP contribution in [0.2, 0.25) is 0 Å². The lowest BCUT2D eigenvalue weighted by molar-refractivity contribution is -0.130. The average Bonchev–Trinajstić information content (AvgIpc) is 2.53. The molecule has 1 aliphatic heterocycles. The Morgan fingerprint density at radius 3 is 2.91 bits per heavy atom. The zero-order chi connectivity index (χ0) is 16.8. The van der Waals surface area contributed by atoms with Crippen LogP contribution in [0.3, 0.4) is 0 Å². The summed E-state index contributed by atoms with van der Waals surface area (Å²) in [7, 11) is 0. The lowest BCUT2D eigenvalue weighted by Gasteiger charge is -2.36. The number of aliphatic hydroxyl groups is 1. The average molecular weight is 317 g/mol. The summed E-state index contributed by atoms with van der Waals surface area (Å²) in [6.45, 7) is 6.82. The van der Waals surface area contributed by atoms with Crippen molar-refractivity contribution in [3.8, 4) is 5.75 Å². The molecule has 2 unspecified atom stereocenters. The number of hydrogen-bond acceptors (Lipinski definition) is 3. The van der Waals surface area contributed by atoms with E-state index in [0.717, 1.165) is 24.2 Å². The van der Waals surface area contributed by atoms with E-state index in [-0.39, 0.29) is 30.6 Å². The normalized spacial score (nSPS) is 21.9. The molecule has 0 bridgehead atoms. The number of amides is 1. The van der Waals surface area contributed by atoms with Crippen molar-refractivity contribution >= 4 is 12.0 Å². The van der Waals surface area contributed by atoms with E-state index in [2.05, 4.69) is 6.92 Å². The number of rotatable bonds is 5. The first-order chi connectivity index (χ1) is 11.0. The van der Waals surface area contributed by atoms with Crippen molar-refractivity contribution in [3.63, 3.8) is 0 Å². The highest BCUT2D eigenvalue weighted by molar-refractivity contribution is 5.92. The second kappa shape index (κ2) is 8.16. The van der Waals surface area contributed by atoms with Gasteiger partial charge in [0.2, 0.25) is 5.91 Å². The Bertz CT molecular complexity index is 553. The molecule has 0 saturated carbocycles. The molecule has 23 heavy (non-hydrogen) atoms. The third-order valence-electron chi connectivity index (χ3n) is 4.17. The Labute approximate surface area is 138 Å². The molecule has 1 saturated heterocycles. The van der Waals surface area contributed by atoms with E-state index in [0.29, 0.717) is 6.54 Å². The van der Waals surface area contributed by atoms with Crippen LogP contribution in [-0.4, -0.2) is 41.2 Å². The summed E-state index contributed by atoms with van der Waals surface area (Å²) in [5, 5.41) is 9.32. The lowest BCUT2D eigenvalue weighted by Crippen LogP contribution is -2.45. The van der Waals surface area contributed by atoms with Crippen LogP contribution in [0.15, 0.2) is 30.3 Å². The minimum Gasteiger partial charge on any atom is -0.491 e. The van der Waals surface area contributed by atoms with E-state index in [4.69, 9.17) is 4.74 Å². The molecule has 4 nitrogen and oxygen atoms in total. The zero-order valence-electron chi connectivity index (χ0n) is 14.2. The van der Waals surface area contributed by atoms with Gasteiger partial charge < -0.3 is 14.7 Å². The van der Waals surface area contributed by atoms with E-state index in [1.807, 2.05) is 49.1 Å². The standard InChI is InChI=1S/C19H27NO3/c1-14(2)23-18-6-4-5-16(11-18)9-10-19(22)20-12-17(13-21)8-7-15(20)3/h4-6,9-11,14-15,17,21H,7-8,12-13H2,1-3H3/b10-9+. The highest BCUT2D eigenvalue weighted by Crippen LogP contribution is 2.22. The second-order valence-electron chi connectivity index (χ2n) is 6.54. The van der Waals surface area contributed by atoms with Gasteiger partial charge in [0.05, 0.1) is 6.10 Å². The van der Waals surface area contributed by atoms with E-state index in [1.54, 1.807) is 6.08 Å². The molecule has 2 atom stereocenters. The third-order valence-corrected chi connectivity index (χ3v) is 4.17. The quantitative estimate of drug-likeness (QED) is 0.849. The molecule has 0 radical (unpaired) electrons. The van der Waals surface area contributed by atoms with Gasteiger partial charge in [-0.2, -0.15) is 0 Å². The molecule has 2 rings (SSSR count). The maximum atomic E-state index is 12.4. The minimum atomic E-state index is 0.00540. The van der Waals surface area contributed by atoms with Crippen molar-refractivity contribution in [1.29, 1.82) is 0 Å². The van der Waals surface area contributed by atoms with Crippen molar-refractivity contribution in [1.82, 2.24) is 4.90 Å². The highest BCUT2D eigenvalue weighted by Gasteiger charge is 2.27. The summed E-state index contributed by atoms with van der Waals surface area (Å²) in [5.74, 6) is 1.01. The first-order valence-electron chi connectivity index (χ1n) is 8.36. The van der Waals surface area contributed by atoms with Crippen LogP contribution in [-0.2, 0) is 4.79 Å². The van der Waals surface area contributed by atoms with Crippen LogP contribution in [0.1, 0.15) is 39.2 Å². The third kappa shape index (κ3) is 5.10. The number of carbonyl (C=O) groups excluding carboxylic acids is 1. The van der Waals surface area contributed by atoms with Gasteiger partial charge in [-0.1, -0.05) is 12.1 Å². The van der Waals surface area contributed by atoms with Gasteiger partial charge in [0, 0.05) is 25.3 Å². The smallest absolute Gasteiger partial charge is 0.246 e. The maximum absolute atomic E-state index is 12.4. The van der Waals surface area contributed by atoms with Crippen molar-refractivity contribution < 1.29 is 14.6 Å². The summed E-state index contributed by atoms with van der Waals surface area (Å²) in [6.07, 6.45) is 5.50. The highest BCUT2D eigenvalue weighted by atomic mass is 16.5. The second-order valence-corrected chi connectivity index (χ2v) is 6.54. The Balaban J connectivity index is 2.02. The van der Waals surface area contributed by atoms with Crippen molar-refractivity contribution in [2.24, 2.45) is 5.92 Å². The van der Waals surface area contributed by atoms with E-state index in [1.165, 1.54) is 0 Å². The minimum absolute atomic E-state index is 0.00540. The number of carbonyl (C=O) groups is 1. The van der Waals surface area contributed by atoms with E-state index >= 15 is 0 Å². The van der Waals surface area contributed by atoms with Gasteiger partial charge in [0.15, 0.2) is 0 Å². The van der Waals surface area contributed by atoms with Crippen LogP contribution < -0.4 is 4.74 Å². The predicted octanol–water partition coefficient (Wildman–Crippen LogP) is 3.11. The summed E-state index contributed by atoms with van der Waals surface area (Å²) in [4.78, 5) is 14.3. The van der Waals surface area contributed by atoms with Gasteiger partial charge in [0.25, 0.3) is 0 Å². The molecule has 4 heteroatoms. The largest absolute Gasteiger partial charge is 0.491 e. The summed E-state index contributed by atoms with van der Waals surface area (Å²) in [6, 6.07) is 7.95. The monoisotopic (exact) mass is 317 g/mol. The summed E-state index contributed by atoms with van der Waals surface area (Å²) < 4.78 is 5.67. The number of piperidine rings is 1. The van der Waals surface area contributed by atoms with Gasteiger partial charge in [0.1, 0.15) is 5.75 Å². The molecule has 1 aromatic rings. The number of nitrogens with zero attached hydrogens (tertiary/aromatic N) is 1. The summed E-state index contributed by atoms with van der Waals surface area (Å²) >= 11 is 0. The fourth-order valence-corrected chi connectivity index (χ4v) is 2.87. The molecule has 1 fully saturated rings. The number of ether oxygens (including phenoxy) is 1. The van der Waals surface area contributed by atoms with Crippen LogP contribution in [0.5, 0.6) is 5.75 Å². The van der Waals surface area contributed by atoms with Crippen LogP contribution in [0, 0.1) is 5.92 Å². The van der Waals surface area contributed by atoms with E-state index in [9.17, 15) is 9.90 Å². The number of hydrogen-bond donors (Lipinski definition) is 1. The zero-order valence-corrected chi connectivity index (χ0v) is 14.2. The maximum Gasteiger partial charge on any atom is 0.246 e. The molecular weight excluding hydrogens is 290 g/mol. The molecule has 1 N–H and O–H groups in total. The van der Waals surface area contributed by atoms with Crippen LogP contribution >= 0.6 is 0 Å². The SMILES string of the molecule is CC(C)Oc1cccc(/C=C/C(=O)N2CC(CO)CCC2C)c1. The fourth-order valence-electron chi connectivity index (χ4n) is 2.87. The molecule has 1 amide bonds. The van der Waals surface area contributed by atoms with Crippen LogP contribution in [0.4, 0.5) is 0 Å². The number of likely N-dealkylation sites (tertiary alicyclic amines) is 1. The van der Waals surface area contributed by atoms with E-state index < -0.39 is 0 Å². The van der Waals surface area contributed by atoms with Gasteiger partial charge in [-0.15, -0.1) is 0 Å². The Morgan fingerprint density at radius 2 is 2.22 bits per heavy atom.